The summed E-state index contributed by atoms with van der Waals surface area (Å²) < 4.78 is 30.4. The van der Waals surface area contributed by atoms with E-state index in [0.29, 0.717) is 10.6 Å². The first-order chi connectivity index (χ1) is 11.1. The molecule has 0 heterocycles. The Kier molecular flexibility index (Phi) is 7.69. The minimum atomic E-state index is -4.02. The molecule has 4 N–H and O–H groups in total. The lowest BCUT2D eigenvalue weighted by molar-refractivity contribution is 0.460. The molecule has 0 aromatic heterocycles. The molecule has 2 rings (SSSR count). The van der Waals surface area contributed by atoms with E-state index in [0.717, 1.165) is 16.5 Å². The average molecular weight is 437 g/mol. The molecule has 0 radical (unpaired) electrons. The molecule has 0 aliphatic rings. The third-order valence-corrected chi connectivity index (χ3v) is 4.83. The molecule has 8 heteroatoms. The van der Waals surface area contributed by atoms with Crippen molar-refractivity contribution in [3.63, 3.8) is 0 Å². The van der Waals surface area contributed by atoms with Crippen LogP contribution in [0.1, 0.15) is 30.5 Å². The zero-order chi connectivity index (χ0) is 18.5. The maximum atomic E-state index is 10.5. The van der Waals surface area contributed by atoms with Gasteiger partial charge in [-0.25, -0.2) is 0 Å². The number of aromatic hydroxyl groups is 1. The summed E-state index contributed by atoms with van der Waals surface area (Å²) in [7, 11) is -4.02. The first-order valence-electron chi connectivity index (χ1n) is 7.04. The van der Waals surface area contributed by atoms with Crippen molar-refractivity contribution in [3.8, 4) is 5.75 Å². The molecule has 0 spiro atoms. The Balaban J connectivity index is 0.000000243. The lowest BCUT2D eigenvalue weighted by Gasteiger charge is -2.12. The van der Waals surface area contributed by atoms with Crippen molar-refractivity contribution in [2.75, 3.05) is 0 Å². The fourth-order valence-electron chi connectivity index (χ4n) is 1.80. The van der Waals surface area contributed by atoms with Gasteiger partial charge in [-0.1, -0.05) is 52.2 Å². The van der Waals surface area contributed by atoms with E-state index in [1.165, 1.54) is 12.1 Å². The van der Waals surface area contributed by atoms with Gasteiger partial charge in [0.25, 0.3) is 10.1 Å². The highest BCUT2D eigenvalue weighted by Gasteiger charge is 2.12. The van der Waals surface area contributed by atoms with Gasteiger partial charge < -0.3 is 10.8 Å². The number of phenols is 1. The van der Waals surface area contributed by atoms with Gasteiger partial charge in [0.2, 0.25) is 0 Å². The van der Waals surface area contributed by atoms with E-state index in [-0.39, 0.29) is 16.7 Å². The molecule has 132 valence electrons. The van der Waals surface area contributed by atoms with E-state index >= 15 is 0 Å². The Morgan fingerprint density at radius 1 is 1.25 bits per heavy atom. The smallest absolute Gasteiger partial charge is 0.294 e. The SMILES string of the molecule is CC[C@H](N)c1cc(Br)cc(Cl)c1O.Cc1ccc(S(=O)(=O)O)cc1. The van der Waals surface area contributed by atoms with Crippen LogP contribution >= 0.6 is 27.5 Å². The molecule has 24 heavy (non-hydrogen) atoms. The number of aryl methyl sites for hydroxylation is 1. The number of nitrogens with two attached hydrogens (primary N) is 1. The molecule has 0 saturated carbocycles. The van der Waals surface area contributed by atoms with Gasteiger partial charge in [0.15, 0.2) is 0 Å². The molecule has 1 atom stereocenters. The van der Waals surface area contributed by atoms with Gasteiger partial charge in [-0.3, -0.25) is 4.55 Å². The fourth-order valence-corrected chi connectivity index (χ4v) is 3.11. The van der Waals surface area contributed by atoms with E-state index in [1.807, 2.05) is 13.8 Å². The highest BCUT2D eigenvalue weighted by atomic mass is 79.9. The molecule has 0 unspecified atom stereocenters. The molecule has 2 aromatic carbocycles. The summed E-state index contributed by atoms with van der Waals surface area (Å²) in [5, 5.41) is 9.92. The van der Waals surface area contributed by atoms with Gasteiger partial charge in [-0.15, -0.1) is 0 Å². The monoisotopic (exact) mass is 435 g/mol. The molecular weight excluding hydrogens is 418 g/mol. The standard InChI is InChI=1S/C9H11BrClNO.C7H8O3S/c1-2-8(12)6-3-5(10)4-7(11)9(6)13;1-6-2-4-7(5-3-6)11(8,9)10/h3-4,8,13H,2,12H2,1H3;2-5H,1H3,(H,8,9,10)/t8-;/m0./s1. The second kappa shape index (κ2) is 8.82. The maximum Gasteiger partial charge on any atom is 0.294 e. The van der Waals surface area contributed by atoms with Crippen LogP contribution < -0.4 is 5.73 Å². The molecule has 0 amide bonds. The lowest BCUT2D eigenvalue weighted by atomic mass is 10.0. The summed E-state index contributed by atoms with van der Waals surface area (Å²) in [5.74, 6) is 0.0826. The van der Waals surface area contributed by atoms with Gasteiger partial charge in [0.1, 0.15) is 5.75 Å². The first-order valence-corrected chi connectivity index (χ1v) is 9.65. The van der Waals surface area contributed by atoms with Crippen molar-refractivity contribution in [2.45, 2.75) is 31.2 Å². The first kappa shape index (κ1) is 20.9. The number of hydrogen-bond donors (Lipinski definition) is 3. The Labute approximate surface area is 155 Å². The molecule has 5 nitrogen and oxygen atoms in total. The van der Waals surface area contributed by atoms with Crippen molar-refractivity contribution < 1.29 is 18.1 Å². The topological polar surface area (TPSA) is 101 Å². The predicted octanol–water partition coefficient (Wildman–Crippen LogP) is 4.46. The Bertz CT molecular complexity index is 794. The minimum Gasteiger partial charge on any atom is -0.506 e. The maximum absolute atomic E-state index is 10.5. The highest BCUT2D eigenvalue weighted by molar-refractivity contribution is 9.10. The van der Waals surface area contributed by atoms with E-state index < -0.39 is 10.1 Å². The van der Waals surface area contributed by atoms with Gasteiger partial charge in [-0.2, -0.15) is 8.42 Å². The van der Waals surface area contributed by atoms with E-state index in [1.54, 1.807) is 24.3 Å². The van der Waals surface area contributed by atoms with Gasteiger partial charge in [0.05, 0.1) is 9.92 Å². The highest BCUT2D eigenvalue weighted by Crippen LogP contribution is 2.34. The summed E-state index contributed by atoms with van der Waals surface area (Å²) >= 11 is 9.08. The van der Waals surface area contributed by atoms with Gasteiger partial charge in [-0.05, 0) is 37.6 Å². The van der Waals surface area contributed by atoms with Crippen LogP contribution in [0.25, 0.3) is 0 Å². The number of phenolic OH excluding ortho intramolecular Hbond substituents is 1. The second-order valence-corrected chi connectivity index (χ2v) is 7.87. The van der Waals surface area contributed by atoms with Crippen molar-refractivity contribution in [1.82, 2.24) is 0 Å². The number of hydrogen-bond acceptors (Lipinski definition) is 4. The van der Waals surface area contributed by atoms with E-state index in [9.17, 15) is 13.5 Å². The van der Waals surface area contributed by atoms with Crippen LogP contribution in [0.15, 0.2) is 45.8 Å². The van der Waals surface area contributed by atoms with Crippen molar-refractivity contribution in [2.24, 2.45) is 5.73 Å². The molecule has 0 fully saturated rings. The van der Waals surface area contributed by atoms with Crippen molar-refractivity contribution in [1.29, 1.82) is 0 Å². The summed E-state index contributed by atoms with van der Waals surface area (Å²) in [4.78, 5) is -0.0666. The van der Waals surface area contributed by atoms with Crippen molar-refractivity contribution >= 4 is 37.6 Å². The Morgan fingerprint density at radius 3 is 2.25 bits per heavy atom. The molecular formula is C16H19BrClNO4S. The number of benzene rings is 2. The molecule has 2 aromatic rings. The third kappa shape index (κ3) is 6.07. The van der Waals surface area contributed by atoms with Crippen LogP contribution in [0.3, 0.4) is 0 Å². The van der Waals surface area contributed by atoms with E-state index in [2.05, 4.69) is 15.9 Å². The van der Waals surface area contributed by atoms with Gasteiger partial charge >= 0.3 is 0 Å². The largest absolute Gasteiger partial charge is 0.506 e. The normalized spacial score (nSPS) is 12.2. The zero-order valence-electron chi connectivity index (χ0n) is 13.2. The van der Waals surface area contributed by atoms with Gasteiger partial charge in [0, 0.05) is 16.1 Å². The van der Waals surface area contributed by atoms with Crippen molar-refractivity contribution in [3.05, 3.63) is 57.0 Å². The second-order valence-electron chi connectivity index (χ2n) is 5.13. The quantitative estimate of drug-likeness (QED) is 0.617. The lowest BCUT2D eigenvalue weighted by Crippen LogP contribution is -2.08. The molecule has 0 bridgehead atoms. The molecule has 0 aliphatic carbocycles. The zero-order valence-corrected chi connectivity index (χ0v) is 16.4. The number of rotatable bonds is 3. The summed E-state index contributed by atoms with van der Waals surface area (Å²) in [6.45, 7) is 3.80. The van der Waals surface area contributed by atoms with Crippen LogP contribution in [0.2, 0.25) is 5.02 Å². The average Bonchev–Trinajstić information content (AvgIpc) is 2.50. The summed E-state index contributed by atoms with van der Waals surface area (Å²) in [5.41, 5.74) is 7.43. The Hall–Kier alpha value is -1.12. The third-order valence-electron chi connectivity index (χ3n) is 3.22. The summed E-state index contributed by atoms with van der Waals surface area (Å²) in [6, 6.07) is 9.25. The molecule has 0 saturated heterocycles. The van der Waals surface area contributed by atoms with Crippen LogP contribution in [0, 0.1) is 6.92 Å². The van der Waals surface area contributed by atoms with Crippen LogP contribution in [-0.4, -0.2) is 18.1 Å². The Morgan fingerprint density at radius 2 is 1.79 bits per heavy atom. The molecule has 0 aliphatic heterocycles. The number of halogens is 2. The van der Waals surface area contributed by atoms with Crippen LogP contribution in [-0.2, 0) is 10.1 Å². The van der Waals surface area contributed by atoms with Crippen LogP contribution in [0.4, 0.5) is 0 Å². The fraction of sp³-hybridized carbons (Fsp3) is 0.250. The predicted molar refractivity (Wildman–Crippen MR) is 99.0 cm³/mol. The van der Waals surface area contributed by atoms with E-state index in [4.69, 9.17) is 21.9 Å². The summed E-state index contributed by atoms with van der Waals surface area (Å²) in [6.07, 6.45) is 0.764. The van der Waals surface area contributed by atoms with Crippen LogP contribution in [0.5, 0.6) is 5.75 Å². The minimum absolute atomic E-state index is 0.0666.